The van der Waals surface area contributed by atoms with E-state index in [1.165, 1.54) is 0 Å². The molecule has 4 rings (SSSR count). The molecule has 2 aliphatic heterocycles. The van der Waals surface area contributed by atoms with Gasteiger partial charge in [0, 0.05) is 25.2 Å². The van der Waals surface area contributed by atoms with E-state index in [-0.39, 0.29) is 23.7 Å². The molecule has 0 radical (unpaired) electrons. The lowest BCUT2D eigenvalue weighted by Gasteiger charge is -2.37. The predicted molar refractivity (Wildman–Crippen MR) is 118 cm³/mol. The maximum absolute atomic E-state index is 13.1. The first-order valence-electron chi connectivity index (χ1n) is 11.6. The molecule has 0 spiro atoms. The van der Waals surface area contributed by atoms with Crippen LogP contribution in [0.4, 0.5) is 0 Å². The highest BCUT2D eigenvalue weighted by Gasteiger charge is 2.33. The second-order valence-electron chi connectivity index (χ2n) is 8.75. The van der Waals surface area contributed by atoms with Gasteiger partial charge in [-0.05, 0) is 51.6 Å². The SMILES string of the molecule is CCOC(=O)C1CCN(C(=O)C2CCCN(Cc3nc(-c4ccccc4C)no3)C2)CC1. The van der Waals surface area contributed by atoms with E-state index >= 15 is 0 Å². The van der Waals surface area contributed by atoms with Crippen molar-refractivity contribution >= 4 is 11.9 Å². The van der Waals surface area contributed by atoms with E-state index in [9.17, 15) is 9.59 Å². The van der Waals surface area contributed by atoms with Crippen LogP contribution in [0.15, 0.2) is 28.8 Å². The molecule has 0 bridgehead atoms. The third-order valence-corrected chi connectivity index (χ3v) is 6.49. The number of carbonyl (C=O) groups excluding carboxylic acids is 2. The van der Waals surface area contributed by atoms with Gasteiger partial charge in [-0.15, -0.1) is 0 Å². The highest BCUT2D eigenvalue weighted by Crippen LogP contribution is 2.25. The molecular weight excluding hydrogens is 408 g/mol. The average Bonchev–Trinajstić information content (AvgIpc) is 3.27. The molecule has 0 aliphatic carbocycles. The van der Waals surface area contributed by atoms with E-state index in [2.05, 4.69) is 15.0 Å². The van der Waals surface area contributed by atoms with Crippen LogP contribution in [0.1, 0.15) is 44.1 Å². The Balaban J connectivity index is 1.31. The van der Waals surface area contributed by atoms with Crippen molar-refractivity contribution in [2.24, 2.45) is 11.8 Å². The lowest BCUT2D eigenvalue weighted by atomic mass is 9.93. The van der Waals surface area contributed by atoms with Crippen LogP contribution in [-0.4, -0.2) is 64.6 Å². The summed E-state index contributed by atoms with van der Waals surface area (Å²) in [6.07, 6.45) is 3.23. The van der Waals surface area contributed by atoms with Crippen LogP contribution in [0, 0.1) is 18.8 Å². The average molecular weight is 441 g/mol. The number of hydrogen-bond donors (Lipinski definition) is 0. The van der Waals surface area contributed by atoms with Crippen LogP contribution >= 0.6 is 0 Å². The van der Waals surface area contributed by atoms with Crippen molar-refractivity contribution in [2.75, 3.05) is 32.8 Å². The second kappa shape index (κ2) is 10.3. The summed E-state index contributed by atoms with van der Waals surface area (Å²) < 4.78 is 10.6. The maximum Gasteiger partial charge on any atom is 0.309 e. The standard InChI is InChI=1S/C24H32N4O4/c1-3-31-24(30)18-10-13-28(14-11-18)23(29)19-8-6-12-27(15-19)16-21-25-22(26-32-21)20-9-5-4-7-17(20)2/h4-5,7,9,18-19H,3,6,8,10-16H2,1-2H3. The molecule has 2 fully saturated rings. The van der Waals surface area contributed by atoms with E-state index in [4.69, 9.17) is 9.26 Å². The third kappa shape index (κ3) is 5.18. The van der Waals surface area contributed by atoms with Gasteiger partial charge in [0.05, 0.1) is 25.0 Å². The number of benzene rings is 1. The number of carbonyl (C=O) groups is 2. The van der Waals surface area contributed by atoms with Gasteiger partial charge in [-0.2, -0.15) is 4.98 Å². The number of ether oxygens (including phenoxy) is 1. The highest BCUT2D eigenvalue weighted by atomic mass is 16.5. The van der Waals surface area contributed by atoms with Gasteiger partial charge < -0.3 is 14.2 Å². The largest absolute Gasteiger partial charge is 0.466 e. The lowest BCUT2D eigenvalue weighted by Crippen LogP contribution is -2.47. The van der Waals surface area contributed by atoms with Gasteiger partial charge in [0.25, 0.3) is 0 Å². The Morgan fingerprint density at radius 1 is 1.12 bits per heavy atom. The van der Waals surface area contributed by atoms with Gasteiger partial charge in [-0.25, -0.2) is 0 Å². The Bertz CT molecular complexity index is 936. The molecule has 2 aliphatic rings. The summed E-state index contributed by atoms with van der Waals surface area (Å²) in [5, 5.41) is 4.15. The van der Waals surface area contributed by atoms with Gasteiger partial charge in [0.1, 0.15) is 0 Å². The van der Waals surface area contributed by atoms with Gasteiger partial charge >= 0.3 is 5.97 Å². The lowest BCUT2D eigenvalue weighted by molar-refractivity contribution is -0.152. The molecule has 1 amide bonds. The molecular formula is C24H32N4O4. The number of esters is 1. The summed E-state index contributed by atoms with van der Waals surface area (Å²) in [5.41, 5.74) is 2.08. The Morgan fingerprint density at radius 2 is 1.91 bits per heavy atom. The van der Waals surface area contributed by atoms with Crippen molar-refractivity contribution in [1.29, 1.82) is 0 Å². The molecule has 2 aromatic rings. The molecule has 2 saturated heterocycles. The molecule has 8 heteroatoms. The first-order chi connectivity index (χ1) is 15.5. The molecule has 0 saturated carbocycles. The fraction of sp³-hybridized carbons (Fsp3) is 0.583. The summed E-state index contributed by atoms with van der Waals surface area (Å²) in [4.78, 5) is 33.8. The van der Waals surface area contributed by atoms with Crippen LogP contribution in [0.25, 0.3) is 11.4 Å². The van der Waals surface area contributed by atoms with Crippen LogP contribution in [-0.2, 0) is 20.9 Å². The number of rotatable bonds is 6. The van der Waals surface area contributed by atoms with E-state index in [0.717, 1.165) is 30.5 Å². The number of piperidine rings is 2. The first kappa shape index (κ1) is 22.5. The fourth-order valence-electron chi connectivity index (χ4n) is 4.70. The van der Waals surface area contributed by atoms with Gasteiger partial charge in [0.2, 0.25) is 17.6 Å². The normalized spacial score (nSPS) is 20.3. The van der Waals surface area contributed by atoms with Gasteiger partial charge in [-0.3, -0.25) is 14.5 Å². The van der Waals surface area contributed by atoms with Gasteiger partial charge in [-0.1, -0.05) is 29.4 Å². The second-order valence-corrected chi connectivity index (χ2v) is 8.75. The van der Waals surface area contributed by atoms with Crippen molar-refractivity contribution in [3.05, 3.63) is 35.7 Å². The van der Waals surface area contributed by atoms with Crippen molar-refractivity contribution < 1.29 is 18.8 Å². The van der Waals surface area contributed by atoms with Crippen LogP contribution in [0.5, 0.6) is 0 Å². The van der Waals surface area contributed by atoms with E-state index < -0.39 is 0 Å². The molecule has 8 nitrogen and oxygen atoms in total. The summed E-state index contributed by atoms with van der Waals surface area (Å²) in [5.74, 6) is 1.14. The van der Waals surface area contributed by atoms with Crippen molar-refractivity contribution in [1.82, 2.24) is 19.9 Å². The minimum absolute atomic E-state index is 0.0262. The quantitative estimate of drug-likeness (QED) is 0.638. The number of aryl methyl sites for hydroxylation is 1. The molecule has 0 N–H and O–H groups in total. The molecule has 1 atom stereocenters. The highest BCUT2D eigenvalue weighted by molar-refractivity contribution is 5.80. The molecule has 172 valence electrons. The Labute approximate surface area is 188 Å². The third-order valence-electron chi connectivity index (χ3n) is 6.49. The summed E-state index contributed by atoms with van der Waals surface area (Å²) in [6, 6.07) is 7.98. The smallest absolute Gasteiger partial charge is 0.309 e. The van der Waals surface area contributed by atoms with Crippen LogP contribution < -0.4 is 0 Å². The number of aromatic nitrogens is 2. The van der Waals surface area contributed by atoms with Gasteiger partial charge in [0.15, 0.2) is 0 Å². The number of nitrogens with zero attached hydrogens (tertiary/aromatic N) is 4. The van der Waals surface area contributed by atoms with E-state index in [0.29, 0.717) is 57.3 Å². The maximum atomic E-state index is 13.1. The topological polar surface area (TPSA) is 88.8 Å². The summed E-state index contributed by atoms with van der Waals surface area (Å²) in [7, 11) is 0. The number of amides is 1. The Hall–Kier alpha value is -2.74. The fourth-order valence-corrected chi connectivity index (χ4v) is 4.70. The summed E-state index contributed by atoms with van der Waals surface area (Å²) in [6.45, 7) is 7.67. The molecule has 3 heterocycles. The van der Waals surface area contributed by atoms with E-state index in [1.807, 2.05) is 43.0 Å². The molecule has 1 unspecified atom stereocenters. The molecule has 32 heavy (non-hydrogen) atoms. The van der Waals surface area contributed by atoms with Crippen molar-refractivity contribution in [3.63, 3.8) is 0 Å². The summed E-state index contributed by atoms with van der Waals surface area (Å²) >= 11 is 0. The Morgan fingerprint density at radius 3 is 2.66 bits per heavy atom. The van der Waals surface area contributed by atoms with Crippen LogP contribution in [0.2, 0.25) is 0 Å². The number of likely N-dealkylation sites (tertiary alicyclic amines) is 2. The van der Waals surface area contributed by atoms with Crippen molar-refractivity contribution in [3.8, 4) is 11.4 Å². The zero-order chi connectivity index (χ0) is 22.5. The zero-order valence-corrected chi connectivity index (χ0v) is 19.0. The Kier molecular flexibility index (Phi) is 7.19. The van der Waals surface area contributed by atoms with E-state index in [1.54, 1.807) is 0 Å². The monoisotopic (exact) mass is 440 g/mol. The van der Waals surface area contributed by atoms with Crippen LogP contribution in [0.3, 0.4) is 0 Å². The minimum atomic E-state index is -0.131. The predicted octanol–water partition coefficient (Wildman–Crippen LogP) is 3.06. The zero-order valence-electron chi connectivity index (χ0n) is 19.0. The first-order valence-corrected chi connectivity index (χ1v) is 11.6. The van der Waals surface area contributed by atoms with Crippen molar-refractivity contribution in [2.45, 2.75) is 46.1 Å². The number of hydrogen-bond acceptors (Lipinski definition) is 7. The molecule has 1 aromatic heterocycles. The minimum Gasteiger partial charge on any atom is -0.466 e. The molecule has 1 aromatic carbocycles.